The smallest absolute Gasteiger partial charge is 0.267 e. The summed E-state index contributed by atoms with van der Waals surface area (Å²) in [5.74, 6) is -0.424. The highest BCUT2D eigenvalue weighted by Crippen LogP contribution is 2.23. The number of rotatable bonds is 5. The third-order valence-corrected chi connectivity index (χ3v) is 5.36. The van der Waals surface area contributed by atoms with E-state index in [2.05, 4.69) is 27.8 Å². The molecule has 1 amide bonds. The van der Waals surface area contributed by atoms with Crippen LogP contribution in [0, 0.1) is 0 Å². The van der Waals surface area contributed by atoms with E-state index in [9.17, 15) is 9.59 Å². The minimum atomic E-state index is -0.424. The molecule has 1 N–H and O–H groups in total. The fourth-order valence-corrected chi connectivity index (χ4v) is 3.82. The molecule has 6 nitrogen and oxygen atoms in total. The van der Waals surface area contributed by atoms with Crippen LogP contribution in [0.5, 0.6) is 0 Å². The van der Waals surface area contributed by atoms with Gasteiger partial charge in [0.15, 0.2) is 5.69 Å². The molecule has 2 aromatic carbocycles. The number of hydrazone groups is 1. The maximum absolute atomic E-state index is 12.9. The molecule has 0 fully saturated rings. The fraction of sp³-hybridized carbons (Fsp3) is 0.304. The maximum Gasteiger partial charge on any atom is 0.292 e. The van der Waals surface area contributed by atoms with Gasteiger partial charge in [0, 0.05) is 11.9 Å². The van der Waals surface area contributed by atoms with Crippen molar-refractivity contribution in [2.45, 2.75) is 46.1 Å². The summed E-state index contributed by atoms with van der Waals surface area (Å²) in [6.07, 6.45) is 4.17. The second kappa shape index (κ2) is 7.99. The van der Waals surface area contributed by atoms with Gasteiger partial charge in [-0.2, -0.15) is 10.2 Å². The highest BCUT2D eigenvalue weighted by Gasteiger charge is 2.17. The monoisotopic (exact) mass is 388 g/mol. The number of nitrogens with zero attached hydrogens (tertiary/aromatic N) is 3. The molecule has 0 bridgehead atoms. The number of aromatic nitrogens is 2. The zero-order chi connectivity index (χ0) is 20.4. The van der Waals surface area contributed by atoms with Crippen LogP contribution < -0.4 is 11.0 Å². The van der Waals surface area contributed by atoms with E-state index in [0.717, 1.165) is 30.5 Å². The van der Waals surface area contributed by atoms with Crippen LogP contribution in [0.2, 0.25) is 0 Å². The predicted molar refractivity (Wildman–Crippen MR) is 114 cm³/mol. The average Bonchev–Trinajstić information content (AvgIpc) is 3.22. The predicted octanol–water partition coefficient (Wildman–Crippen LogP) is 3.45. The van der Waals surface area contributed by atoms with E-state index < -0.39 is 5.91 Å². The number of aryl methyl sites for hydroxylation is 3. The summed E-state index contributed by atoms with van der Waals surface area (Å²) in [6.45, 7) is 4.30. The third kappa shape index (κ3) is 3.70. The number of fused-ring (bicyclic) bond motifs is 2. The van der Waals surface area contributed by atoms with E-state index in [1.807, 2.05) is 19.9 Å². The van der Waals surface area contributed by atoms with E-state index >= 15 is 0 Å². The van der Waals surface area contributed by atoms with E-state index in [-0.39, 0.29) is 11.3 Å². The Morgan fingerprint density at radius 3 is 2.69 bits per heavy atom. The number of carbonyl (C=O) groups is 1. The second-order valence-electron chi connectivity index (χ2n) is 7.40. The average molecular weight is 388 g/mol. The van der Waals surface area contributed by atoms with Gasteiger partial charge in [0.2, 0.25) is 0 Å². The summed E-state index contributed by atoms with van der Waals surface area (Å²) in [7, 11) is 0. The van der Waals surface area contributed by atoms with Crippen molar-refractivity contribution in [3.05, 3.63) is 75.2 Å². The highest BCUT2D eigenvalue weighted by atomic mass is 16.2. The summed E-state index contributed by atoms with van der Waals surface area (Å²) in [5.41, 5.74) is 7.14. The van der Waals surface area contributed by atoms with Gasteiger partial charge in [0.1, 0.15) is 0 Å². The number of hydrogen-bond donors (Lipinski definition) is 1. The van der Waals surface area contributed by atoms with Crippen molar-refractivity contribution < 1.29 is 4.79 Å². The molecule has 4 rings (SSSR count). The van der Waals surface area contributed by atoms with Crippen molar-refractivity contribution >= 4 is 22.4 Å². The van der Waals surface area contributed by atoms with Crippen molar-refractivity contribution in [3.63, 3.8) is 0 Å². The molecule has 3 aromatic rings. The van der Waals surface area contributed by atoms with E-state index in [1.54, 1.807) is 24.3 Å². The number of amides is 1. The number of nitrogens with one attached hydrogen (secondary N) is 1. The Kier molecular flexibility index (Phi) is 5.25. The molecule has 0 radical (unpaired) electrons. The third-order valence-electron chi connectivity index (χ3n) is 5.36. The van der Waals surface area contributed by atoms with Crippen LogP contribution in [-0.2, 0) is 19.4 Å². The topological polar surface area (TPSA) is 76.3 Å². The first-order chi connectivity index (χ1) is 14.1. The maximum atomic E-state index is 12.9. The van der Waals surface area contributed by atoms with Crippen LogP contribution in [0.25, 0.3) is 10.8 Å². The van der Waals surface area contributed by atoms with Gasteiger partial charge in [-0.1, -0.05) is 37.3 Å². The first-order valence-electron chi connectivity index (χ1n) is 10.0. The molecular formula is C23H24N4O2. The van der Waals surface area contributed by atoms with E-state index in [4.69, 9.17) is 0 Å². The highest BCUT2D eigenvalue weighted by molar-refractivity contribution is 6.06. The van der Waals surface area contributed by atoms with Gasteiger partial charge in [-0.05, 0) is 61.4 Å². The van der Waals surface area contributed by atoms with Crippen molar-refractivity contribution in [1.29, 1.82) is 0 Å². The fourth-order valence-electron chi connectivity index (χ4n) is 3.82. The van der Waals surface area contributed by atoms with Gasteiger partial charge in [0.25, 0.3) is 11.5 Å². The zero-order valence-electron chi connectivity index (χ0n) is 16.7. The summed E-state index contributed by atoms with van der Waals surface area (Å²) in [6, 6.07) is 13.4. The van der Waals surface area contributed by atoms with Gasteiger partial charge < -0.3 is 0 Å². The van der Waals surface area contributed by atoms with Crippen molar-refractivity contribution in [3.8, 4) is 0 Å². The SMILES string of the molecule is CCCn1nc(C(=O)N/N=C(/C)c2ccc3c(c2)CCC3)c2ccccc2c1=O. The van der Waals surface area contributed by atoms with Crippen LogP contribution in [-0.4, -0.2) is 21.4 Å². The minimum Gasteiger partial charge on any atom is -0.267 e. The molecule has 148 valence electrons. The van der Waals surface area contributed by atoms with Gasteiger partial charge >= 0.3 is 0 Å². The molecule has 29 heavy (non-hydrogen) atoms. The Morgan fingerprint density at radius 1 is 1.14 bits per heavy atom. The standard InChI is InChI=1S/C23H24N4O2/c1-3-13-27-23(29)20-10-5-4-9-19(20)21(26-27)22(28)25-24-15(2)17-12-11-16-7-6-8-18(16)14-17/h4-5,9-12,14H,3,6-8,13H2,1-2H3,(H,25,28)/b24-15-. The summed E-state index contributed by atoms with van der Waals surface area (Å²) in [5, 5.41) is 9.62. The quantitative estimate of drug-likeness (QED) is 0.537. The summed E-state index contributed by atoms with van der Waals surface area (Å²) in [4.78, 5) is 25.4. The number of benzene rings is 2. The molecular weight excluding hydrogens is 364 g/mol. The molecule has 1 aromatic heterocycles. The molecule has 0 atom stereocenters. The molecule has 0 unspecified atom stereocenters. The van der Waals surface area contributed by atoms with Crippen LogP contribution >= 0.6 is 0 Å². The lowest BCUT2D eigenvalue weighted by Gasteiger charge is -2.10. The number of hydrogen-bond acceptors (Lipinski definition) is 4. The Balaban J connectivity index is 1.64. The molecule has 6 heteroatoms. The van der Waals surface area contributed by atoms with Crippen LogP contribution in [0.3, 0.4) is 0 Å². The number of carbonyl (C=O) groups excluding carboxylic acids is 1. The van der Waals surface area contributed by atoms with Crippen molar-refractivity contribution in [1.82, 2.24) is 15.2 Å². The van der Waals surface area contributed by atoms with E-state index in [1.165, 1.54) is 22.2 Å². The molecule has 0 spiro atoms. The lowest BCUT2D eigenvalue weighted by molar-refractivity contribution is 0.0949. The molecule has 1 heterocycles. The first kappa shape index (κ1) is 19.1. The Hall–Kier alpha value is -3.28. The van der Waals surface area contributed by atoms with Gasteiger partial charge in [0.05, 0.1) is 11.1 Å². The van der Waals surface area contributed by atoms with Gasteiger partial charge in [-0.15, -0.1) is 0 Å². The lowest BCUT2D eigenvalue weighted by atomic mass is 10.0. The van der Waals surface area contributed by atoms with Crippen LogP contribution in [0.15, 0.2) is 52.4 Å². The molecule has 0 saturated carbocycles. The summed E-state index contributed by atoms with van der Waals surface area (Å²) >= 11 is 0. The Bertz CT molecular complexity index is 1180. The molecule has 0 saturated heterocycles. The molecule has 1 aliphatic carbocycles. The van der Waals surface area contributed by atoms with Gasteiger partial charge in [-0.3, -0.25) is 9.59 Å². The Labute approximate surface area is 169 Å². The second-order valence-corrected chi connectivity index (χ2v) is 7.40. The van der Waals surface area contributed by atoms with Crippen LogP contribution in [0.4, 0.5) is 0 Å². The zero-order valence-corrected chi connectivity index (χ0v) is 16.7. The van der Waals surface area contributed by atoms with E-state index in [0.29, 0.717) is 17.3 Å². The molecule has 1 aliphatic rings. The van der Waals surface area contributed by atoms with Crippen molar-refractivity contribution in [2.24, 2.45) is 5.10 Å². The first-order valence-corrected chi connectivity index (χ1v) is 10.0. The lowest BCUT2D eigenvalue weighted by Crippen LogP contribution is -2.29. The van der Waals surface area contributed by atoms with Crippen LogP contribution in [0.1, 0.15) is 53.9 Å². The summed E-state index contributed by atoms with van der Waals surface area (Å²) < 4.78 is 1.36. The van der Waals surface area contributed by atoms with Gasteiger partial charge in [-0.25, -0.2) is 10.1 Å². The minimum absolute atomic E-state index is 0.183. The largest absolute Gasteiger partial charge is 0.292 e. The van der Waals surface area contributed by atoms with Crippen molar-refractivity contribution in [2.75, 3.05) is 0 Å². The normalized spacial score (nSPS) is 13.5. The molecule has 0 aliphatic heterocycles. The Morgan fingerprint density at radius 2 is 1.90 bits per heavy atom.